The van der Waals surface area contributed by atoms with Gasteiger partial charge in [-0.3, -0.25) is 9.59 Å². The number of hydrogen-bond acceptors (Lipinski definition) is 4. The predicted molar refractivity (Wildman–Crippen MR) is 87.2 cm³/mol. The Bertz CT molecular complexity index is 766. The van der Waals surface area contributed by atoms with Gasteiger partial charge in [0.15, 0.2) is 0 Å². The third-order valence-corrected chi connectivity index (χ3v) is 5.75. The van der Waals surface area contributed by atoms with Crippen molar-refractivity contribution in [2.45, 2.75) is 20.3 Å². The number of anilines is 1. The van der Waals surface area contributed by atoms with E-state index < -0.39 is 11.4 Å². The van der Waals surface area contributed by atoms with E-state index in [1.807, 2.05) is 6.92 Å². The molecule has 5 nitrogen and oxygen atoms in total. The molecule has 2 bridgehead atoms. The van der Waals surface area contributed by atoms with Gasteiger partial charge in [-0.1, -0.05) is 12.2 Å². The normalized spacial score (nSPS) is 33.2. The second kappa shape index (κ2) is 5.03. The first-order valence-corrected chi connectivity index (χ1v) is 8.32. The summed E-state index contributed by atoms with van der Waals surface area (Å²) in [5.74, 6) is -0.603. The number of carbonyl (C=O) groups is 3. The van der Waals surface area contributed by atoms with Crippen LogP contribution in [0.25, 0.3) is 0 Å². The Morgan fingerprint density at radius 2 is 1.96 bits per heavy atom. The predicted octanol–water partition coefficient (Wildman–Crippen LogP) is 2.56. The van der Waals surface area contributed by atoms with Crippen LogP contribution in [-0.4, -0.2) is 24.4 Å². The second-order valence-corrected chi connectivity index (χ2v) is 6.90. The van der Waals surface area contributed by atoms with Gasteiger partial charge < -0.3 is 4.74 Å². The Hall–Kier alpha value is -2.43. The molecule has 0 radical (unpaired) electrons. The zero-order valence-electron chi connectivity index (χ0n) is 13.7. The van der Waals surface area contributed by atoms with E-state index in [1.54, 1.807) is 31.2 Å². The molecule has 1 aromatic rings. The standard InChI is InChI=1S/C19H19NO4/c1-3-24-17(22)11-5-8-14(9-6-11)20-16(21)15-12-4-7-13(10-12)19(15,2)18(20)23/h4-9,12-13,15H,3,10H2,1-2H3/t12-,13-,15-,19+/m1/s1. The van der Waals surface area contributed by atoms with Crippen LogP contribution in [0.1, 0.15) is 30.6 Å². The van der Waals surface area contributed by atoms with Gasteiger partial charge in [0.25, 0.3) is 0 Å². The van der Waals surface area contributed by atoms with Crippen molar-refractivity contribution in [2.24, 2.45) is 23.2 Å². The second-order valence-electron chi connectivity index (χ2n) is 6.90. The summed E-state index contributed by atoms with van der Waals surface area (Å²) in [4.78, 5) is 38.9. The molecule has 1 saturated heterocycles. The minimum Gasteiger partial charge on any atom is -0.462 e. The van der Waals surface area contributed by atoms with Gasteiger partial charge in [-0.15, -0.1) is 0 Å². The van der Waals surface area contributed by atoms with Crippen molar-refractivity contribution in [1.82, 2.24) is 0 Å². The molecular weight excluding hydrogens is 306 g/mol. The third kappa shape index (κ3) is 1.78. The number of esters is 1. The first-order valence-electron chi connectivity index (χ1n) is 8.32. The lowest BCUT2D eigenvalue weighted by molar-refractivity contribution is -0.127. The van der Waals surface area contributed by atoms with Crippen LogP contribution >= 0.6 is 0 Å². The summed E-state index contributed by atoms with van der Waals surface area (Å²) in [6, 6.07) is 6.47. The molecule has 1 heterocycles. The summed E-state index contributed by atoms with van der Waals surface area (Å²) in [7, 11) is 0. The maximum atomic E-state index is 13.0. The van der Waals surface area contributed by atoms with Crippen LogP contribution in [0.2, 0.25) is 0 Å². The maximum absolute atomic E-state index is 13.0. The molecule has 0 N–H and O–H groups in total. The van der Waals surface area contributed by atoms with Crippen LogP contribution in [0.4, 0.5) is 5.69 Å². The molecule has 124 valence electrons. The van der Waals surface area contributed by atoms with Gasteiger partial charge in [-0.2, -0.15) is 0 Å². The molecule has 1 aromatic carbocycles. The highest BCUT2D eigenvalue weighted by Gasteiger charge is 2.67. The number of fused-ring (bicyclic) bond motifs is 5. The molecule has 0 spiro atoms. The molecule has 0 unspecified atom stereocenters. The van der Waals surface area contributed by atoms with E-state index in [1.165, 1.54) is 4.90 Å². The highest BCUT2D eigenvalue weighted by Crippen LogP contribution is 2.60. The van der Waals surface area contributed by atoms with Crippen LogP contribution in [0.3, 0.4) is 0 Å². The fourth-order valence-corrected chi connectivity index (χ4v) is 4.51. The molecule has 1 saturated carbocycles. The fraction of sp³-hybridized carbons (Fsp3) is 0.421. The van der Waals surface area contributed by atoms with E-state index in [0.717, 1.165) is 6.42 Å². The number of carbonyl (C=O) groups excluding carboxylic acids is 3. The quantitative estimate of drug-likeness (QED) is 0.487. The van der Waals surface area contributed by atoms with E-state index in [4.69, 9.17) is 4.74 Å². The van der Waals surface area contributed by atoms with Gasteiger partial charge in [0.05, 0.1) is 29.2 Å². The molecule has 2 fully saturated rings. The minimum absolute atomic E-state index is 0.122. The first-order chi connectivity index (χ1) is 11.5. The highest BCUT2D eigenvalue weighted by atomic mass is 16.5. The lowest BCUT2D eigenvalue weighted by atomic mass is 9.71. The average Bonchev–Trinajstić information content (AvgIpc) is 3.20. The first kappa shape index (κ1) is 15.1. The minimum atomic E-state index is -0.629. The van der Waals surface area contributed by atoms with Crippen molar-refractivity contribution in [3.63, 3.8) is 0 Å². The number of ether oxygens (including phenoxy) is 1. The largest absolute Gasteiger partial charge is 0.462 e. The molecule has 4 rings (SSSR count). The van der Waals surface area contributed by atoms with Gasteiger partial charge in [0.1, 0.15) is 0 Å². The summed E-state index contributed by atoms with van der Waals surface area (Å²) < 4.78 is 4.95. The van der Waals surface area contributed by atoms with Gasteiger partial charge >= 0.3 is 5.97 Å². The zero-order chi connectivity index (χ0) is 17.1. The van der Waals surface area contributed by atoms with Gasteiger partial charge in [-0.05, 0) is 56.4 Å². The van der Waals surface area contributed by atoms with E-state index >= 15 is 0 Å². The summed E-state index contributed by atoms with van der Waals surface area (Å²) in [6.45, 7) is 3.97. The Labute approximate surface area is 140 Å². The third-order valence-electron chi connectivity index (χ3n) is 5.75. The van der Waals surface area contributed by atoms with Crippen molar-refractivity contribution in [3.05, 3.63) is 42.0 Å². The van der Waals surface area contributed by atoms with E-state index in [9.17, 15) is 14.4 Å². The Morgan fingerprint density at radius 1 is 1.25 bits per heavy atom. The molecule has 0 aromatic heterocycles. The Kier molecular flexibility index (Phi) is 3.17. The number of allylic oxidation sites excluding steroid dienone is 2. The fourth-order valence-electron chi connectivity index (χ4n) is 4.51. The molecule has 24 heavy (non-hydrogen) atoms. The SMILES string of the molecule is CCOC(=O)c1ccc(N2C(=O)[C@H]3[C@@H]4C=C[C@H](C4)[C@]3(C)C2=O)cc1. The molecule has 1 aliphatic heterocycles. The molecule has 4 atom stereocenters. The summed E-state index contributed by atoms with van der Waals surface area (Å²) in [5, 5.41) is 0. The van der Waals surface area contributed by atoms with Crippen LogP contribution in [0.5, 0.6) is 0 Å². The smallest absolute Gasteiger partial charge is 0.338 e. The molecule has 5 heteroatoms. The van der Waals surface area contributed by atoms with Crippen molar-refractivity contribution >= 4 is 23.5 Å². The van der Waals surface area contributed by atoms with Crippen LogP contribution < -0.4 is 4.90 Å². The summed E-state index contributed by atoms with van der Waals surface area (Å²) in [6.07, 6.45) is 5.06. The summed E-state index contributed by atoms with van der Waals surface area (Å²) in [5.41, 5.74) is 0.303. The Morgan fingerprint density at radius 3 is 2.58 bits per heavy atom. The van der Waals surface area contributed by atoms with Gasteiger partial charge in [0.2, 0.25) is 11.8 Å². The molecule has 2 amide bonds. The number of nitrogens with zero attached hydrogens (tertiary/aromatic N) is 1. The van der Waals surface area contributed by atoms with Crippen LogP contribution in [0.15, 0.2) is 36.4 Å². The molecule has 2 aliphatic carbocycles. The van der Waals surface area contributed by atoms with Crippen molar-refractivity contribution in [3.8, 4) is 0 Å². The number of hydrogen-bond donors (Lipinski definition) is 0. The lowest BCUT2D eigenvalue weighted by Gasteiger charge is -2.28. The highest BCUT2D eigenvalue weighted by molar-refractivity contribution is 6.24. The van der Waals surface area contributed by atoms with Crippen molar-refractivity contribution in [2.75, 3.05) is 11.5 Å². The zero-order valence-corrected chi connectivity index (χ0v) is 13.7. The number of benzene rings is 1. The maximum Gasteiger partial charge on any atom is 0.338 e. The van der Waals surface area contributed by atoms with Gasteiger partial charge in [-0.25, -0.2) is 9.69 Å². The van der Waals surface area contributed by atoms with Crippen molar-refractivity contribution < 1.29 is 19.1 Å². The average molecular weight is 325 g/mol. The number of imide groups is 1. The monoisotopic (exact) mass is 325 g/mol. The Balaban J connectivity index is 1.65. The van der Waals surface area contributed by atoms with Crippen LogP contribution in [-0.2, 0) is 14.3 Å². The topological polar surface area (TPSA) is 63.7 Å². The van der Waals surface area contributed by atoms with Crippen LogP contribution in [0, 0.1) is 23.2 Å². The lowest BCUT2D eigenvalue weighted by Crippen LogP contribution is -2.37. The van der Waals surface area contributed by atoms with Gasteiger partial charge in [0, 0.05) is 0 Å². The van der Waals surface area contributed by atoms with E-state index in [-0.39, 0.29) is 29.6 Å². The van der Waals surface area contributed by atoms with E-state index in [0.29, 0.717) is 17.9 Å². The molecule has 3 aliphatic rings. The number of rotatable bonds is 3. The van der Waals surface area contributed by atoms with E-state index in [2.05, 4.69) is 12.2 Å². The van der Waals surface area contributed by atoms with Crippen molar-refractivity contribution in [1.29, 1.82) is 0 Å². The molecular formula is C19H19NO4. The summed E-state index contributed by atoms with van der Waals surface area (Å²) >= 11 is 0. The number of amides is 2.